The van der Waals surface area contributed by atoms with E-state index in [0.29, 0.717) is 6.61 Å². The van der Waals surface area contributed by atoms with E-state index in [9.17, 15) is 4.79 Å². The fraction of sp³-hybridized carbons (Fsp3) is 0.917. The lowest BCUT2D eigenvalue weighted by molar-refractivity contribution is 0.0891. The number of amides is 1. The van der Waals surface area contributed by atoms with E-state index in [1.807, 2.05) is 4.90 Å². The largest absolute Gasteiger partial charge is 0.449 e. The highest BCUT2D eigenvalue weighted by Crippen LogP contribution is 2.40. The van der Waals surface area contributed by atoms with Crippen molar-refractivity contribution in [1.29, 1.82) is 0 Å². The summed E-state index contributed by atoms with van der Waals surface area (Å²) in [6, 6.07) is 0. The molecule has 0 aromatic rings. The Morgan fingerprint density at radius 3 is 2.24 bits per heavy atom. The van der Waals surface area contributed by atoms with Crippen LogP contribution < -0.4 is 0 Å². The van der Waals surface area contributed by atoms with Gasteiger partial charge in [0, 0.05) is 26.2 Å². The molecule has 0 unspecified atom stereocenters. The standard InChI is InChI=1S/C12H26N2O2S/c1-5-6-11-16-12(15)13-7-9-14(10-8-13)17(2,3)4/h5-11H2,1-4H3. The summed E-state index contributed by atoms with van der Waals surface area (Å²) in [6.07, 6.45) is 8.76. The normalized spacial score (nSPS) is 19.2. The van der Waals surface area contributed by atoms with Gasteiger partial charge < -0.3 is 9.64 Å². The summed E-state index contributed by atoms with van der Waals surface area (Å²) >= 11 is 0. The maximum Gasteiger partial charge on any atom is 0.409 e. The monoisotopic (exact) mass is 262 g/mol. The van der Waals surface area contributed by atoms with Crippen LogP contribution in [0.5, 0.6) is 0 Å². The quantitative estimate of drug-likeness (QED) is 0.728. The van der Waals surface area contributed by atoms with E-state index in [4.69, 9.17) is 4.74 Å². The van der Waals surface area contributed by atoms with Crippen molar-refractivity contribution in [3.63, 3.8) is 0 Å². The van der Waals surface area contributed by atoms with Gasteiger partial charge in [0.25, 0.3) is 0 Å². The van der Waals surface area contributed by atoms with Gasteiger partial charge in [0.15, 0.2) is 0 Å². The molecule has 0 aromatic carbocycles. The van der Waals surface area contributed by atoms with Gasteiger partial charge in [-0.15, -0.1) is 0 Å². The zero-order chi connectivity index (χ0) is 12.9. The molecule has 4 nitrogen and oxygen atoms in total. The van der Waals surface area contributed by atoms with Gasteiger partial charge in [0.05, 0.1) is 6.61 Å². The lowest BCUT2D eigenvalue weighted by atomic mass is 10.4. The summed E-state index contributed by atoms with van der Waals surface area (Å²) in [5.74, 6) is 0. The highest BCUT2D eigenvalue weighted by atomic mass is 32.3. The minimum absolute atomic E-state index is 0.137. The second-order valence-corrected chi connectivity index (χ2v) is 9.22. The van der Waals surface area contributed by atoms with E-state index in [2.05, 4.69) is 30.0 Å². The Kier molecular flexibility index (Phi) is 5.59. The molecular formula is C12H26N2O2S. The maximum atomic E-state index is 11.7. The van der Waals surface area contributed by atoms with Crippen LogP contribution in [0.2, 0.25) is 0 Å². The van der Waals surface area contributed by atoms with E-state index < -0.39 is 10.2 Å². The molecule has 1 amide bonds. The molecule has 1 aliphatic rings. The fourth-order valence-electron chi connectivity index (χ4n) is 1.81. The summed E-state index contributed by atoms with van der Waals surface area (Å²) in [5.41, 5.74) is 0. The number of hydrogen-bond acceptors (Lipinski definition) is 3. The third-order valence-corrected chi connectivity index (χ3v) is 4.91. The van der Waals surface area contributed by atoms with Crippen LogP contribution in [0.25, 0.3) is 0 Å². The molecule has 0 aliphatic carbocycles. The molecule has 1 rings (SSSR count). The molecule has 1 heterocycles. The summed E-state index contributed by atoms with van der Waals surface area (Å²) < 4.78 is 7.71. The average molecular weight is 262 g/mol. The number of piperazine rings is 1. The van der Waals surface area contributed by atoms with Gasteiger partial charge in [0.1, 0.15) is 0 Å². The molecule has 0 saturated carbocycles. The maximum absolute atomic E-state index is 11.7. The number of carbonyl (C=O) groups excluding carboxylic acids is 1. The Hall–Kier alpha value is -0.420. The van der Waals surface area contributed by atoms with Gasteiger partial charge in [-0.3, -0.25) is 4.31 Å². The molecule has 0 N–H and O–H groups in total. The molecule has 5 heteroatoms. The number of unbranched alkanes of at least 4 members (excludes halogenated alkanes) is 1. The molecule has 102 valence electrons. The van der Waals surface area contributed by atoms with E-state index in [-0.39, 0.29) is 6.09 Å². The topological polar surface area (TPSA) is 32.8 Å². The molecule has 0 atom stereocenters. The Morgan fingerprint density at radius 1 is 1.18 bits per heavy atom. The lowest BCUT2D eigenvalue weighted by Crippen LogP contribution is -2.49. The van der Waals surface area contributed by atoms with Gasteiger partial charge >= 0.3 is 6.09 Å². The van der Waals surface area contributed by atoms with Crippen LogP contribution >= 0.6 is 10.2 Å². The first-order chi connectivity index (χ1) is 7.95. The van der Waals surface area contributed by atoms with Gasteiger partial charge in [0.2, 0.25) is 0 Å². The van der Waals surface area contributed by atoms with E-state index in [0.717, 1.165) is 39.0 Å². The van der Waals surface area contributed by atoms with Crippen LogP contribution in [0, 0.1) is 0 Å². The third kappa shape index (κ3) is 4.76. The zero-order valence-corrected chi connectivity index (χ0v) is 12.4. The molecule has 1 fully saturated rings. The van der Waals surface area contributed by atoms with Crippen LogP contribution in [-0.4, -0.2) is 66.9 Å². The van der Waals surface area contributed by atoms with Crippen molar-refractivity contribution in [2.75, 3.05) is 51.6 Å². The van der Waals surface area contributed by atoms with Gasteiger partial charge in [-0.05, 0) is 25.2 Å². The minimum Gasteiger partial charge on any atom is -0.449 e. The van der Waals surface area contributed by atoms with Crippen molar-refractivity contribution < 1.29 is 9.53 Å². The van der Waals surface area contributed by atoms with Crippen molar-refractivity contribution in [3.05, 3.63) is 0 Å². The summed E-state index contributed by atoms with van der Waals surface area (Å²) in [6.45, 7) is 6.20. The fourth-order valence-corrected chi connectivity index (χ4v) is 3.07. The highest BCUT2D eigenvalue weighted by molar-refractivity contribution is 8.30. The van der Waals surface area contributed by atoms with Crippen LogP contribution in [0.1, 0.15) is 19.8 Å². The number of ether oxygens (including phenoxy) is 1. The molecule has 0 aromatic heterocycles. The Labute approximate surface area is 107 Å². The van der Waals surface area contributed by atoms with E-state index in [1.165, 1.54) is 0 Å². The first-order valence-corrected chi connectivity index (χ1v) is 9.11. The van der Waals surface area contributed by atoms with E-state index >= 15 is 0 Å². The smallest absolute Gasteiger partial charge is 0.409 e. The van der Waals surface area contributed by atoms with Gasteiger partial charge in [-0.2, -0.15) is 10.2 Å². The minimum atomic E-state index is -0.641. The van der Waals surface area contributed by atoms with Crippen LogP contribution in [0.15, 0.2) is 0 Å². The van der Waals surface area contributed by atoms with Crippen LogP contribution in [0.3, 0.4) is 0 Å². The predicted molar refractivity (Wildman–Crippen MR) is 74.8 cm³/mol. The molecule has 1 saturated heterocycles. The average Bonchev–Trinajstić information content (AvgIpc) is 2.28. The zero-order valence-electron chi connectivity index (χ0n) is 11.6. The second-order valence-electron chi connectivity index (χ2n) is 5.16. The lowest BCUT2D eigenvalue weighted by Gasteiger charge is -2.44. The summed E-state index contributed by atoms with van der Waals surface area (Å²) in [4.78, 5) is 13.6. The number of nitrogens with zero attached hydrogens (tertiary/aromatic N) is 2. The molecule has 0 spiro atoms. The van der Waals surface area contributed by atoms with Gasteiger partial charge in [-0.25, -0.2) is 4.79 Å². The van der Waals surface area contributed by atoms with Crippen molar-refractivity contribution >= 4 is 16.3 Å². The van der Waals surface area contributed by atoms with Crippen LogP contribution in [0.4, 0.5) is 4.79 Å². The Balaban J connectivity index is 2.29. The molecular weight excluding hydrogens is 236 g/mol. The Morgan fingerprint density at radius 2 is 1.76 bits per heavy atom. The number of carbonyl (C=O) groups is 1. The predicted octanol–water partition coefficient (Wildman–Crippen LogP) is 2.15. The van der Waals surface area contributed by atoms with Crippen molar-refractivity contribution in [2.45, 2.75) is 19.8 Å². The molecule has 1 aliphatic heterocycles. The first-order valence-electron chi connectivity index (χ1n) is 6.30. The van der Waals surface area contributed by atoms with Crippen molar-refractivity contribution in [3.8, 4) is 0 Å². The third-order valence-electron chi connectivity index (χ3n) is 2.99. The van der Waals surface area contributed by atoms with Crippen molar-refractivity contribution in [2.24, 2.45) is 0 Å². The molecule has 0 bridgehead atoms. The second kappa shape index (κ2) is 6.50. The highest BCUT2D eigenvalue weighted by Gasteiger charge is 2.25. The molecule has 17 heavy (non-hydrogen) atoms. The van der Waals surface area contributed by atoms with Gasteiger partial charge in [-0.1, -0.05) is 13.3 Å². The Bertz CT molecular complexity index is 245. The first kappa shape index (κ1) is 14.6. The van der Waals surface area contributed by atoms with Crippen LogP contribution in [-0.2, 0) is 4.74 Å². The summed E-state index contributed by atoms with van der Waals surface area (Å²) in [5, 5.41) is 0. The number of rotatable bonds is 4. The summed E-state index contributed by atoms with van der Waals surface area (Å²) in [7, 11) is -0.641. The SMILES string of the molecule is CCCCOC(=O)N1CCN(S(C)(C)C)CC1. The van der Waals surface area contributed by atoms with Crippen molar-refractivity contribution in [1.82, 2.24) is 9.21 Å². The molecule has 0 radical (unpaired) electrons. The van der Waals surface area contributed by atoms with E-state index in [1.54, 1.807) is 0 Å². The number of hydrogen-bond donors (Lipinski definition) is 0.